The summed E-state index contributed by atoms with van der Waals surface area (Å²) >= 11 is 0. The number of benzene rings is 1. The van der Waals surface area contributed by atoms with Crippen LogP contribution in [0.2, 0.25) is 0 Å². The Morgan fingerprint density at radius 2 is 2.00 bits per heavy atom. The van der Waals surface area contributed by atoms with Crippen LogP contribution < -0.4 is 0 Å². The molecular formula is C14H18O3. The van der Waals surface area contributed by atoms with Gasteiger partial charge in [-0.2, -0.15) is 0 Å². The summed E-state index contributed by atoms with van der Waals surface area (Å²) < 4.78 is 0. The predicted octanol–water partition coefficient (Wildman–Crippen LogP) is 2.24. The monoisotopic (exact) mass is 234 g/mol. The Labute approximate surface area is 101 Å². The molecule has 1 aliphatic carbocycles. The van der Waals surface area contributed by atoms with Gasteiger partial charge in [-0.15, -0.1) is 0 Å². The molecule has 0 aliphatic heterocycles. The molecule has 1 aromatic carbocycles. The number of aliphatic carboxylic acids is 1. The molecule has 2 N–H and O–H groups in total. The summed E-state index contributed by atoms with van der Waals surface area (Å²) in [5.41, 5.74) is -0.0750. The van der Waals surface area contributed by atoms with Gasteiger partial charge < -0.3 is 10.2 Å². The van der Waals surface area contributed by atoms with Gasteiger partial charge in [0.25, 0.3) is 0 Å². The van der Waals surface area contributed by atoms with Crippen molar-refractivity contribution in [3.63, 3.8) is 0 Å². The van der Waals surface area contributed by atoms with Crippen molar-refractivity contribution in [3.05, 3.63) is 35.9 Å². The van der Waals surface area contributed by atoms with E-state index in [0.29, 0.717) is 19.3 Å². The number of carbonyl (C=O) groups is 1. The van der Waals surface area contributed by atoms with E-state index < -0.39 is 17.5 Å². The maximum Gasteiger partial charge on any atom is 0.309 e. The van der Waals surface area contributed by atoms with Crippen molar-refractivity contribution in [2.45, 2.75) is 37.7 Å². The molecule has 0 bridgehead atoms. The number of hydrogen-bond acceptors (Lipinski definition) is 2. The highest BCUT2D eigenvalue weighted by Gasteiger charge is 2.43. The molecule has 0 saturated heterocycles. The molecule has 0 amide bonds. The highest BCUT2D eigenvalue weighted by molar-refractivity contribution is 5.71. The minimum atomic E-state index is -1.08. The van der Waals surface area contributed by atoms with Crippen molar-refractivity contribution >= 4 is 5.97 Å². The van der Waals surface area contributed by atoms with E-state index in [2.05, 4.69) is 0 Å². The molecule has 2 atom stereocenters. The van der Waals surface area contributed by atoms with Gasteiger partial charge in [-0.1, -0.05) is 43.2 Å². The molecule has 2 unspecified atom stereocenters. The lowest BCUT2D eigenvalue weighted by atomic mass is 9.72. The van der Waals surface area contributed by atoms with Crippen LogP contribution in [0.25, 0.3) is 0 Å². The van der Waals surface area contributed by atoms with Crippen LogP contribution in [0.1, 0.15) is 31.2 Å². The van der Waals surface area contributed by atoms with E-state index >= 15 is 0 Å². The molecule has 3 heteroatoms. The fourth-order valence-electron chi connectivity index (χ4n) is 2.74. The maximum atomic E-state index is 11.2. The van der Waals surface area contributed by atoms with Crippen LogP contribution in [0.15, 0.2) is 30.3 Å². The molecule has 17 heavy (non-hydrogen) atoms. The third-order valence-corrected chi connectivity index (χ3v) is 3.65. The number of hydrogen-bond donors (Lipinski definition) is 2. The van der Waals surface area contributed by atoms with E-state index in [9.17, 15) is 15.0 Å². The van der Waals surface area contributed by atoms with Crippen LogP contribution in [-0.2, 0) is 11.2 Å². The Balaban J connectivity index is 2.18. The van der Waals surface area contributed by atoms with Crippen molar-refractivity contribution in [2.24, 2.45) is 5.92 Å². The lowest BCUT2D eigenvalue weighted by molar-refractivity contribution is -0.155. The molecule has 0 spiro atoms. The topological polar surface area (TPSA) is 57.5 Å². The minimum Gasteiger partial charge on any atom is -0.481 e. The number of rotatable bonds is 3. The first-order valence-corrected chi connectivity index (χ1v) is 6.11. The Kier molecular flexibility index (Phi) is 3.48. The molecule has 1 fully saturated rings. The molecule has 1 aromatic rings. The molecular weight excluding hydrogens is 216 g/mol. The summed E-state index contributed by atoms with van der Waals surface area (Å²) in [5, 5.41) is 19.8. The van der Waals surface area contributed by atoms with Crippen LogP contribution in [0.3, 0.4) is 0 Å². The van der Waals surface area contributed by atoms with Crippen LogP contribution >= 0.6 is 0 Å². The zero-order valence-corrected chi connectivity index (χ0v) is 9.80. The summed E-state index contributed by atoms with van der Waals surface area (Å²) in [4.78, 5) is 11.2. The van der Waals surface area contributed by atoms with Gasteiger partial charge in [0.2, 0.25) is 0 Å². The first-order chi connectivity index (χ1) is 8.12. The summed E-state index contributed by atoms with van der Waals surface area (Å²) in [5.74, 6) is -1.50. The second-order valence-electron chi connectivity index (χ2n) is 4.90. The summed E-state index contributed by atoms with van der Waals surface area (Å²) in [6, 6.07) is 9.62. The number of carboxylic acid groups (broad SMARTS) is 1. The SMILES string of the molecule is O=C(O)C1CCCCC1(O)Cc1ccccc1. The van der Waals surface area contributed by atoms with E-state index in [1.54, 1.807) is 0 Å². The van der Waals surface area contributed by atoms with Crippen molar-refractivity contribution in [3.8, 4) is 0 Å². The van der Waals surface area contributed by atoms with Gasteiger partial charge in [0.05, 0.1) is 11.5 Å². The quantitative estimate of drug-likeness (QED) is 0.843. The zero-order valence-electron chi connectivity index (χ0n) is 9.80. The van der Waals surface area contributed by atoms with E-state index in [-0.39, 0.29) is 0 Å². The normalized spacial score (nSPS) is 28.9. The average molecular weight is 234 g/mol. The van der Waals surface area contributed by atoms with Crippen molar-refractivity contribution in [1.29, 1.82) is 0 Å². The molecule has 92 valence electrons. The highest BCUT2D eigenvalue weighted by atomic mass is 16.4. The lowest BCUT2D eigenvalue weighted by Crippen LogP contribution is -2.46. The van der Waals surface area contributed by atoms with Crippen molar-refractivity contribution in [1.82, 2.24) is 0 Å². The van der Waals surface area contributed by atoms with E-state index in [4.69, 9.17) is 0 Å². The molecule has 1 aliphatic rings. The van der Waals surface area contributed by atoms with Gasteiger partial charge >= 0.3 is 5.97 Å². The van der Waals surface area contributed by atoms with Gasteiger partial charge in [0.1, 0.15) is 0 Å². The molecule has 0 aromatic heterocycles. The summed E-state index contributed by atoms with van der Waals surface area (Å²) in [6.07, 6.45) is 3.41. The Bertz CT molecular complexity index is 388. The molecule has 2 rings (SSSR count). The van der Waals surface area contributed by atoms with Crippen LogP contribution in [0.4, 0.5) is 0 Å². The number of carboxylic acids is 1. The zero-order chi connectivity index (χ0) is 12.3. The third kappa shape index (κ3) is 2.67. The molecule has 1 saturated carbocycles. The van der Waals surface area contributed by atoms with E-state index in [1.807, 2.05) is 30.3 Å². The smallest absolute Gasteiger partial charge is 0.309 e. The number of aliphatic hydroxyl groups is 1. The van der Waals surface area contributed by atoms with Gasteiger partial charge in [0, 0.05) is 6.42 Å². The third-order valence-electron chi connectivity index (χ3n) is 3.65. The van der Waals surface area contributed by atoms with E-state index in [1.165, 1.54) is 0 Å². The Hall–Kier alpha value is -1.35. The van der Waals surface area contributed by atoms with Gasteiger partial charge in [-0.3, -0.25) is 4.79 Å². The van der Waals surface area contributed by atoms with Crippen LogP contribution in [-0.4, -0.2) is 21.8 Å². The van der Waals surface area contributed by atoms with Gasteiger partial charge in [0.15, 0.2) is 0 Å². The van der Waals surface area contributed by atoms with Crippen LogP contribution in [0.5, 0.6) is 0 Å². The van der Waals surface area contributed by atoms with Gasteiger partial charge in [-0.05, 0) is 18.4 Å². The van der Waals surface area contributed by atoms with Gasteiger partial charge in [-0.25, -0.2) is 0 Å². The standard InChI is InChI=1S/C14H18O3/c15-13(16)12-8-4-5-9-14(12,17)10-11-6-2-1-3-7-11/h1-3,6-7,12,17H,4-5,8-10H2,(H,15,16). The predicted molar refractivity (Wildman–Crippen MR) is 64.7 cm³/mol. The summed E-state index contributed by atoms with van der Waals surface area (Å²) in [6.45, 7) is 0. The second kappa shape index (κ2) is 4.88. The van der Waals surface area contributed by atoms with Crippen molar-refractivity contribution < 1.29 is 15.0 Å². The minimum absolute atomic E-state index is 0.435. The molecule has 0 radical (unpaired) electrons. The average Bonchev–Trinajstić information content (AvgIpc) is 2.30. The first kappa shape index (κ1) is 12.1. The largest absolute Gasteiger partial charge is 0.481 e. The van der Waals surface area contributed by atoms with Crippen molar-refractivity contribution in [2.75, 3.05) is 0 Å². The van der Waals surface area contributed by atoms with E-state index in [0.717, 1.165) is 18.4 Å². The first-order valence-electron chi connectivity index (χ1n) is 6.11. The lowest BCUT2D eigenvalue weighted by Gasteiger charge is -2.37. The van der Waals surface area contributed by atoms with Crippen LogP contribution in [0, 0.1) is 5.92 Å². The highest BCUT2D eigenvalue weighted by Crippen LogP contribution is 2.36. The maximum absolute atomic E-state index is 11.2. The molecule has 3 nitrogen and oxygen atoms in total. The Morgan fingerprint density at radius 1 is 1.29 bits per heavy atom. The second-order valence-corrected chi connectivity index (χ2v) is 4.90. The fraction of sp³-hybridized carbons (Fsp3) is 0.500. The fourth-order valence-corrected chi connectivity index (χ4v) is 2.74. The molecule has 0 heterocycles. The Morgan fingerprint density at radius 3 is 2.65 bits per heavy atom. The summed E-state index contributed by atoms with van der Waals surface area (Å²) in [7, 11) is 0.